The monoisotopic (exact) mass is 449 g/mol. The van der Waals surface area contributed by atoms with E-state index in [0.717, 1.165) is 11.3 Å². The Balaban J connectivity index is 1.30. The van der Waals surface area contributed by atoms with Gasteiger partial charge in [0.05, 0.1) is 6.42 Å². The van der Waals surface area contributed by atoms with Crippen LogP contribution in [0, 0.1) is 6.92 Å². The van der Waals surface area contributed by atoms with E-state index in [1.54, 1.807) is 18.2 Å². The van der Waals surface area contributed by atoms with E-state index in [9.17, 15) is 9.59 Å². The molecule has 0 radical (unpaired) electrons. The number of para-hydroxylation sites is 1. The first kappa shape index (κ1) is 22.0. The number of ketones is 1. The number of nitrogen functional groups attached to an aromatic ring is 1. The molecule has 33 heavy (non-hydrogen) atoms. The summed E-state index contributed by atoms with van der Waals surface area (Å²) in [6, 6.07) is 12.6. The van der Waals surface area contributed by atoms with Crippen LogP contribution in [0.25, 0.3) is 0 Å². The van der Waals surface area contributed by atoms with Gasteiger partial charge >= 0.3 is 5.97 Å². The van der Waals surface area contributed by atoms with E-state index in [4.69, 9.17) is 19.9 Å². The van der Waals surface area contributed by atoms with Crippen molar-refractivity contribution in [2.24, 2.45) is 0 Å². The number of nitrogens with zero attached hydrogens (tertiary/aromatic N) is 3. The lowest BCUT2D eigenvalue weighted by molar-refractivity contribution is -0.145. The van der Waals surface area contributed by atoms with E-state index >= 15 is 0 Å². The number of ether oxygens (including phenoxy) is 3. The third kappa shape index (κ3) is 5.73. The number of hydrogen-bond donors (Lipinski definition) is 2. The minimum atomic E-state index is -0.548. The smallest absolute Gasteiger partial charge is 0.306 e. The highest BCUT2D eigenvalue weighted by atomic mass is 16.6. The molecule has 1 aliphatic rings. The molecular formula is C23H23N5O5. The first-order valence-corrected chi connectivity index (χ1v) is 10.4. The van der Waals surface area contributed by atoms with Gasteiger partial charge in [0.25, 0.3) is 0 Å². The third-order valence-corrected chi connectivity index (χ3v) is 4.87. The van der Waals surface area contributed by atoms with Gasteiger partial charge in [-0.05, 0) is 36.8 Å². The Kier molecular flexibility index (Phi) is 6.63. The first-order valence-electron chi connectivity index (χ1n) is 10.4. The zero-order chi connectivity index (χ0) is 23.2. The lowest BCUT2D eigenvalue weighted by Crippen LogP contribution is -2.16. The van der Waals surface area contributed by atoms with Crippen LogP contribution in [0.4, 0.5) is 17.6 Å². The Morgan fingerprint density at radius 1 is 1.03 bits per heavy atom. The second-order valence-electron chi connectivity index (χ2n) is 7.32. The predicted octanol–water partition coefficient (Wildman–Crippen LogP) is 2.98. The molecule has 0 fully saturated rings. The van der Waals surface area contributed by atoms with Crippen LogP contribution < -0.4 is 20.5 Å². The maximum absolute atomic E-state index is 12.4. The Labute approximate surface area is 190 Å². The Bertz CT molecular complexity index is 1180. The Morgan fingerprint density at radius 3 is 2.64 bits per heavy atom. The number of nitrogens with two attached hydrogens (primary N) is 1. The number of aromatic nitrogens is 3. The number of carbonyl (C=O) groups excluding carboxylic acids is 2. The van der Waals surface area contributed by atoms with E-state index in [0.29, 0.717) is 30.3 Å². The van der Waals surface area contributed by atoms with Crippen LogP contribution in [0.5, 0.6) is 11.5 Å². The second kappa shape index (κ2) is 9.94. The van der Waals surface area contributed by atoms with E-state index in [1.165, 1.54) is 0 Å². The van der Waals surface area contributed by atoms with Crippen molar-refractivity contribution in [3.63, 3.8) is 0 Å². The molecule has 0 amide bonds. The molecular weight excluding hydrogens is 426 g/mol. The molecule has 10 nitrogen and oxygen atoms in total. The summed E-state index contributed by atoms with van der Waals surface area (Å²) >= 11 is 0. The number of anilines is 3. The highest BCUT2D eigenvalue weighted by Crippen LogP contribution is 2.31. The molecule has 3 aromatic rings. The number of nitrogens with one attached hydrogen (secondary N) is 1. The largest absolute Gasteiger partial charge is 0.486 e. The molecule has 0 spiro atoms. The van der Waals surface area contributed by atoms with Crippen LogP contribution in [-0.2, 0) is 16.1 Å². The highest BCUT2D eigenvalue weighted by Gasteiger charge is 2.16. The van der Waals surface area contributed by atoms with Crippen molar-refractivity contribution in [1.82, 2.24) is 15.0 Å². The number of hydrogen-bond acceptors (Lipinski definition) is 10. The molecule has 0 aliphatic carbocycles. The average Bonchev–Trinajstić information content (AvgIpc) is 2.82. The Hall–Kier alpha value is -4.21. The standard InChI is InChI=1S/C23H23N5O5/c1-14-4-2-3-5-16(14)25-23-27-20(26-22(24)28-23)13-33-21(30)9-7-17(29)15-6-8-18-19(12-15)32-11-10-31-18/h2-6,8,12H,7,9-11,13H2,1H3,(H3,24,25,26,27,28). The van der Waals surface area contributed by atoms with Gasteiger partial charge in [0.1, 0.15) is 13.2 Å². The summed E-state index contributed by atoms with van der Waals surface area (Å²) in [7, 11) is 0. The molecule has 1 aliphatic heterocycles. The van der Waals surface area contributed by atoms with Gasteiger partial charge < -0.3 is 25.3 Å². The Morgan fingerprint density at radius 2 is 1.82 bits per heavy atom. The van der Waals surface area contributed by atoms with Crippen LogP contribution in [0.15, 0.2) is 42.5 Å². The average molecular weight is 449 g/mol. The van der Waals surface area contributed by atoms with Gasteiger partial charge in [-0.2, -0.15) is 15.0 Å². The van der Waals surface area contributed by atoms with Crippen molar-refractivity contribution in [2.45, 2.75) is 26.4 Å². The molecule has 0 saturated heterocycles. The topological polar surface area (TPSA) is 139 Å². The summed E-state index contributed by atoms with van der Waals surface area (Å²) < 4.78 is 16.2. The predicted molar refractivity (Wildman–Crippen MR) is 119 cm³/mol. The molecule has 0 atom stereocenters. The zero-order valence-corrected chi connectivity index (χ0v) is 18.0. The highest BCUT2D eigenvalue weighted by molar-refractivity contribution is 5.98. The number of Topliss-reactive ketones (excluding diaryl/α,β-unsaturated/α-hetero) is 1. The molecule has 2 heterocycles. The summed E-state index contributed by atoms with van der Waals surface area (Å²) in [6.07, 6.45) is -0.0833. The van der Waals surface area contributed by atoms with Gasteiger partial charge in [-0.15, -0.1) is 0 Å². The minimum absolute atomic E-state index is 0.000851. The molecule has 10 heteroatoms. The van der Waals surface area contributed by atoms with Crippen LogP contribution >= 0.6 is 0 Å². The number of fused-ring (bicyclic) bond motifs is 1. The fourth-order valence-electron chi connectivity index (χ4n) is 3.19. The van der Waals surface area contributed by atoms with Gasteiger partial charge in [0, 0.05) is 17.7 Å². The van der Waals surface area contributed by atoms with Gasteiger partial charge in [-0.3, -0.25) is 9.59 Å². The van der Waals surface area contributed by atoms with Crippen molar-refractivity contribution in [3.05, 3.63) is 59.4 Å². The van der Waals surface area contributed by atoms with Crippen LogP contribution in [0.3, 0.4) is 0 Å². The fraction of sp³-hybridized carbons (Fsp3) is 0.261. The number of rotatable bonds is 8. The van der Waals surface area contributed by atoms with E-state index in [-0.39, 0.29) is 43.0 Å². The molecule has 1 aromatic heterocycles. The lowest BCUT2D eigenvalue weighted by atomic mass is 10.1. The van der Waals surface area contributed by atoms with Crippen molar-refractivity contribution >= 4 is 29.3 Å². The third-order valence-electron chi connectivity index (χ3n) is 4.87. The summed E-state index contributed by atoms with van der Waals surface area (Å²) in [5.74, 6) is 0.830. The van der Waals surface area contributed by atoms with Crippen molar-refractivity contribution in [2.75, 3.05) is 24.3 Å². The SMILES string of the molecule is Cc1ccccc1Nc1nc(N)nc(COC(=O)CCC(=O)c2ccc3c(c2)OCCO3)n1. The summed E-state index contributed by atoms with van der Waals surface area (Å²) in [5.41, 5.74) is 8.04. The number of esters is 1. The molecule has 170 valence electrons. The molecule has 4 rings (SSSR count). The maximum Gasteiger partial charge on any atom is 0.306 e. The van der Waals surface area contributed by atoms with Crippen LogP contribution in [0.2, 0.25) is 0 Å². The van der Waals surface area contributed by atoms with E-state index in [1.807, 2.05) is 31.2 Å². The molecule has 3 N–H and O–H groups in total. The number of benzene rings is 2. The lowest BCUT2D eigenvalue weighted by Gasteiger charge is -2.18. The van der Waals surface area contributed by atoms with Crippen molar-refractivity contribution < 1.29 is 23.8 Å². The van der Waals surface area contributed by atoms with Gasteiger partial charge in [-0.25, -0.2) is 0 Å². The van der Waals surface area contributed by atoms with Crippen molar-refractivity contribution in [3.8, 4) is 11.5 Å². The molecule has 0 bridgehead atoms. The van der Waals surface area contributed by atoms with E-state index in [2.05, 4.69) is 20.3 Å². The minimum Gasteiger partial charge on any atom is -0.486 e. The quantitative estimate of drug-likeness (QED) is 0.390. The van der Waals surface area contributed by atoms with Gasteiger partial charge in [0.15, 0.2) is 29.7 Å². The number of aryl methyl sites for hydroxylation is 1. The fourth-order valence-corrected chi connectivity index (χ4v) is 3.19. The first-order chi connectivity index (χ1) is 16.0. The molecule has 0 saturated carbocycles. The normalized spacial score (nSPS) is 12.2. The maximum atomic E-state index is 12.4. The second-order valence-corrected chi connectivity index (χ2v) is 7.32. The van der Waals surface area contributed by atoms with Gasteiger partial charge in [-0.1, -0.05) is 18.2 Å². The molecule has 0 unspecified atom stereocenters. The summed E-state index contributed by atoms with van der Waals surface area (Å²) in [4.78, 5) is 36.9. The van der Waals surface area contributed by atoms with Gasteiger partial charge in [0.2, 0.25) is 11.9 Å². The van der Waals surface area contributed by atoms with E-state index < -0.39 is 5.97 Å². The molecule has 2 aromatic carbocycles. The zero-order valence-electron chi connectivity index (χ0n) is 18.0. The van der Waals surface area contributed by atoms with Crippen LogP contribution in [-0.4, -0.2) is 39.9 Å². The summed E-state index contributed by atoms with van der Waals surface area (Å²) in [6.45, 7) is 2.66. The van der Waals surface area contributed by atoms with Crippen LogP contribution in [0.1, 0.15) is 34.6 Å². The number of carbonyl (C=O) groups is 2. The van der Waals surface area contributed by atoms with Crippen molar-refractivity contribution in [1.29, 1.82) is 0 Å². The summed E-state index contributed by atoms with van der Waals surface area (Å²) in [5, 5.41) is 3.07.